The van der Waals surface area contributed by atoms with E-state index >= 15 is 0 Å². The summed E-state index contributed by atoms with van der Waals surface area (Å²) in [5.41, 5.74) is 0.824. The van der Waals surface area contributed by atoms with Crippen LogP contribution in [0.3, 0.4) is 0 Å². The van der Waals surface area contributed by atoms with Crippen LogP contribution >= 0.6 is 0 Å². The van der Waals surface area contributed by atoms with Gasteiger partial charge in [0.05, 0.1) is 6.61 Å². The molecule has 2 aliphatic rings. The van der Waals surface area contributed by atoms with Gasteiger partial charge < -0.3 is 14.4 Å². The lowest BCUT2D eigenvalue weighted by Gasteiger charge is -2.32. The van der Waals surface area contributed by atoms with Gasteiger partial charge in [0.2, 0.25) is 5.88 Å². The molecule has 1 saturated carbocycles. The largest absolute Gasteiger partial charge is 0.473 e. The minimum absolute atomic E-state index is 0.0248. The van der Waals surface area contributed by atoms with Crippen molar-refractivity contribution in [2.24, 2.45) is 11.8 Å². The van der Waals surface area contributed by atoms with Gasteiger partial charge in [-0.2, -0.15) is 4.98 Å². The number of aromatic nitrogens is 1. The van der Waals surface area contributed by atoms with Crippen LogP contribution in [0.25, 0.3) is 0 Å². The molecule has 1 aliphatic carbocycles. The highest BCUT2D eigenvalue weighted by Crippen LogP contribution is 2.33. The second kappa shape index (κ2) is 10.1. The van der Waals surface area contributed by atoms with Gasteiger partial charge in [-0.1, -0.05) is 18.2 Å². The van der Waals surface area contributed by atoms with E-state index < -0.39 is 5.82 Å². The Kier molecular flexibility index (Phi) is 7.02. The monoisotopic (exact) mass is 440 g/mol. The zero-order chi connectivity index (χ0) is 22.5. The predicted octanol–water partition coefficient (Wildman–Crippen LogP) is 4.56. The Morgan fingerprint density at radius 2 is 1.91 bits per heavy atom. The van der Waals surface area contributed by atoms with Crippen molar-refractivity contribution < 1.29 is 23.5 Å². The molecule has 2 aromatic rings. The molecule has 1 aromatic heterocycles. The van der Waals surface area contributed by atoms with Crippen LogP contribution in [0.2, 0.25) is 0 Å². The maximum atomic E-state index is 14.4. The second-order valence-corrected chi connectivity index (χ2v) is 8.51. The van der Waals surface area contributed by atoms with Gasteiger partial charge in [-0.15, -0.1) is 0 Å². The van der Waals surface area contributed by atoms with E-state index in [2.05, 4.69) is 9.88 Å². The van der Waals surface area contributed by atoms with Crippen molar-refractivity contribution in [3.05, 3.63) is 53.3 Å². The topological polar surface area (TPSA) is 68.7 Å². The number of halogens is 1. The van der Waals surface area contributed by atoms with E-state index in [-0.39, 0.29) is 24.3 Å². The fourth-order valence-corrected chi connectivity index (χ4v) is 4.03. The molecular weight excluding hydrogens is 411 g/mol. The molecule has 7 heteroatoms. The number of Topliss-reactive ketones (excluding diaryl/α,β-unsaturated/α-hetero) is 1. The first-order chi connectivity index (χ1) is 15.5. The number of piperidine rings is 1. The van der Waals surface area contributed by atoms with E-state index in [1.165, 1.54) is 6.07 Å². The number of nitrogens with zero attached hydrogens (tertiary/aromatic N) is 2. The van der Waals surface area contributed by atoms with Crippen molar-refractivity contribution in [1.82, 2.24) is 4.98 Å². The highest BCUT2D eigenvalue weighted by molar-refractivity contribution is 5.99. The average Bonchev–Trinajstić information content (AvgIpc) is 3.64. The van der Waals surface area contributed by atoms with Gasteiger partial charge >= 0.3 is 5.97 Å². The quantitative estimate of drug-likeness (QED) is 0.421. The zero-order valence-corrected chi connectivity index (χ0v) is 18.4. The number of ketones is 1. The molecule has 0 radical (unpaired) electrons. The lowest BCUT2D eigenvalue weighted by Crippen LogP contribution is -2.35. The standard InChI is InChI=1S/C25H29FN2O4/c1-2-31-24(29)14-17-10-12-28(13-11-17)22-4-3-5-23(27-22)32-16-20-9-8-19(15-21(20)26)25(30)18-6-7-18/h3-5,8-9,15,17-18H,2,6-7,10-14,16H2,1H3. The fourth-order valence-electron chi connectivity index (χ4n) is 4.03. The first-order valence-corrected chi connectivity index (χ1v) is 11.4. The SMILES string of the molecule is CCOC(=O)CC1CCN(c2cccc(OCc3ccc(C(=O)C4CC4)cc3F)n2)CC1. The average molecular weight is 441 g/mol. The molecule has 0 atom stereocenters. The molecule has 2 heterocycles. The van der Waals surface area contributed by atoms with Crippen LogP contribution in [0, 0.1) is 17.7 Å². The molecule has 0 spiro atoms. The third kappa shape index (κ3) is 5.64. The molecular formula is C25H29FN2O4. The van der Waals surface area contributed by atoms with E-state index in [1.54, 1.807) is 18.2 Å². The summed E-state index contributed by atoms with van der Waals surface area (Å²) in [5.74, 6) is 1.10. The highest BCUT2D eigenvalue weighted by Gasteiger charge is 2.30. The minimum atomic E-state index is -0.434. The van der Waals surface area contributed by atoms with E-state index in [0.717, 1.165) is 44.6 Å². The lowest BCUT2D eigenvalue weighted by atomic mass is 9.93. The Hall–Kier alpha value is -2.96. The molecule has 0 N–H and O–H groups in total. The van der Waals surface area contributed by atoms with Crippen LogP contribution in [0.15, 0.2) is 36.4 Å². The number of pyridine rings is 1. The number of hydrogen-bond donors (Lipinski definition) is 0. The van der Waals surface area contributed by atoms with Gasteiger partial charge in [0.1, 0.15) is 18.2 Å². The molecule has 32 heavy (non-hydrogen) atoms. The number of hydrogen-bond acceptors (Lipinski definition) is 6. The maximum absolute atomic E-state index is 14.4. The summed E-state index contributed by atoms with van der Waals surface area (Å²) in [6, 6.07) is 10.1. The normalized spacial score (nSPS) is 16.6. The second-order valence-electron chi connectivity index (χ2n) is 8.51. The molecule has 6 nitrogen and oxygen atoms in total. The van der Waals surface area contributed by atoms with Gasteiger partial charge in [0.15, 0.2) is 5.78 Å². The number of rotatable bonds is 9. The third-order valence-electron chi connectivity index (χ3n) is 6.07. The molecule has 4 rings (SSSR count). The number of carbonyl (C=O) groups is 2. The number of benzene rings is 1. The summed E-state index contributed by atoms with van der Waals surface area (Å²) in [5, 5.41) is 0. The smallest absolute Gasteiger partial charge is 0.306 e. The van der Waals surface area contributed by atoms with Crippen molar-refractivity contribution in [2.75, 3.05) is 24.6 Å². The highest BCUT2D eigenvalue weighted by atomic mass is 19.1. The van der Waals surface area contributed by atoms with E-state index in [4.69, 9.17) is 9.47 Å². The molecule has 0 unspecified atom stereocenters. The summed E-state index contributed by atoms with van der Waals surface area (Å²) in [7, 11) is 0. The number of carbonyl (C=O) groups excluding carboxylic acids is 2. The Morgan fingerprint density at radius 1 is 1.12 bits per heavy atom. The van der Waals surface area contributed by atoms with Crippen LogP contribution in [0.5, 0.6) is 5.88 Å². The van der Waals surface area contributed by atoms with Crippen LogP contribution in [-0.4, -0.2) is 36.4 Å². The molecule has 1 aromatic carbocycles. The van der Waals surface area contributed by atoms with Gasteiger partial charge in [-0.25, -0.2) is 4.39 Å². The summed E-state index contributed by atoms with van der Waals surface area (Å²) >= 11 is 0. The molecule has 0 amide bonds. The molecule has 2 fully saturated rings. The summed E-state index contributed by atoms with van der Waals surface area (Å²) in [6.45, 7) is 3.90. The summed E-state index contributed by atoms with van der Waals surface area (Å²) in [4.78, 5) is 30.5. The van der Waals surface area contributed by atoms with E-state index in [0.29, 0.717) is 36.0 Å². The predicted molar refractivity (Wildman–Crippen MR) is 118 cm³/mol. The lowest BCUT2D eigenvalue weighted by molar-refractivity contribution is -0.144. The van der Waals surface area contributed by atoms with Crippen LogP contribution < -0.4 is 9.64 Å². The molecule has 0 bridgehead atoms. The number of ether oxygens (including phenoxy) is 2. The van der Waals surface area contributed by atoms with Gasteiger partial charge in [-0.3, -0.25) is 9.59 Å². The summed E-state index contributed by atoms with van der Waals surface area (Å²) in [6.07, 6.45) is 4.08. The van der Waals surface area contributed by atoms with Gasteiger partial charge in [0.25, 0.3) is 0 Å². The molecule has 1 aliphatic heterocycles. The molecule has 170 valence electrons. The van der Waals surface area contributed by atoms with E-state index in [9.17, 15) is 14.0 Å². The van der Waals surface area contributed by atoms with Crippen LogP contribution in [-0.2, 0) is 16.1 Å². The Bertz CT molecular complexity index is 968. The van der Waals surface area contributed by atoms with Crippen LogP contribution in [0.1, 0.15) is 54.9 Å². The van der Waals surface area contributed by atoms with Gasteiger partial charge in [-0.05, 0) is 50.7 Å². The summed E-state index contributed by atoms with van der Waals surface area (Å²) < 4.78 is 25.2. The Balaban J connectivity index is 1.31. The number of anilines is 1. The first-order valence-electron chi connectivity index (χ1n) is 11.4. The van der Waals surface area contributed by atoms with Crippen LogP contribution in [0.4, 0.5) is 10.2 Å². The Labute approximate surface area is 187 Å². The molecule has 1 saturated heterocycles. The first kappa shape index (κ1) is 22.2. The van der Waals surface area contributed by atoms with Crippen molar-refractivity contribution in [3.63, 3.8) is 0 Å². The van der Waals surface area contributed by atoms with E-state index in [1.807, 2.05) is 19.1 Å². The van der Waals surface area contributed by atoms with Crippen molar-refractivity contribution in [2.45, 2.75) is 45.6 Å². The minimum Gasteiger partial charge on any atom is -0.473 e. The third-order valence-corrected chi connectivity index (χ3v) is 6.07. The zero-order valence-electron chi connectivity index (χ0n) is 18.4. The van der Waals surface area contributed by atoms with Crippen molar-refractivity contribution in [1.29, 1.82) is 0 Å². The fraction of sp³-hybridized carbons (Fsp3) is 0.480. The van der Waals surface area contributed by atoms with Crippen molar-refractivity contribution >= 4 is 17.6 Å². The van der Waals surface area contributed by atoms with Gasteiger partial charge in [0, 0.05) is 42.6 Å². The Morgan fingerprint density at radius 3 is 2.59 bits per heavy atom. The van der Waals surface area contributed by atoms with Crippen molar-refractivity contribution in [3.8, 4) is 5.88 Å². The number of esters is 1. The maximum Gasteiger partial charge on any atom is 0.306 e.